The number of para-hydroxylation sites is 3. The van der Waals surface area contributed by atoms with Crippen LogP contribution in [0.25, 0.3) is 11.0 Å². The molecule has 4 rings (SSSR count). The van der Waals surface area contributed by atoms with Gasteiger partial charge in [-0.05, 0) is 24.3 Å². The van der Waals surface area contributed by atoms with E-state index in [1.165, 1.54) is 0 Å². The number of hydrazone groups is 1. The van der Waals surface area contributed by atoms with Crippen LogP contribution in [-0.2, 0) is 0 Å². The third-order valence-electron chi connectivity index (χ3n) is 3.73. The van der Waals surface area contributed by atoms with Crippen LogP contribution in [0.15, 0.2) is 90.0 Å². The lowest BCUT2D eigenvalue weighted by molar-refractivity contribution is 1.24. The van der Waals surface area contributed by atoms with E-state index in [0.717, 1.165) is 33.8 Å². The zero-order chi connectivity index (χ0) is 16.2. The van der Waals surface area contributed by atoms with Crippen LogP contribution in [0.4, 0.5) is 5.69 Å². The lowest BCUT2D eigenvalue weighted by Crippen LogP contribution is -2.08. The maximum absolute atomic E-state index is 4.68. The molecular formula is C20H16N4. The Balaban J connectivity index is 1.78. The molecule has 0 unspecified atom stereocenters. The van der Waals surface area contributed by atoms with Gasteiger partial charge in [0.25, 0.3) is 0 Å². The fraction of sp³-hybridized carbons (Fsp3) is 0. The molecule has 0 amide bonds. The number of rotatable bonds is 4. The Morgan fingerprint density at radius 1 is 0.792 bits per heavy atom. The highest BCUT2D eigenvalue weighted by atomic mass is 15.3. The number of hydrogen-bond donors (Lipinski definition) is 2. The van der Waals surface area contributed by atoms with E-state index >= 15 is 0 Å². The summed E-state index contributed by atoms with van der Waals surface area (Å²) in [5.74, 6) is 0.742. The van der Waals surface area contributed by atoms with Crippen molar-refractivity contribution in [2.75, 3.05) is 5.43 Å². The zero-order valence-corrected chi connectivity index (χ0v) is 13.0. The molecule has 1 heterocycles. The van der Waals surface area contributed by atoms with Gasteiger partial charge in [0.05, 0.1) is 16.7 Å². The maximum atomic E-state index is 4.68. The summed E-state index contributed by atoms with van der Waals surface area (Å²) in [6.07, 6.45) is 0. The zero-order valence-electron chi connectivity index (χ0n) is 13.0. The Bertz CT molecular complexity index is 939. The fourth-order valence-corrected chi connectivity index (χ4v) is 2.55. The summed E-state index contributed by atoms with van der Waals surface area (Å²) >= 11 is 0. The Kier molecular flexibility index (Phi) is 3.78. The normalized spacial score (nSPS) is 11.6. The van der Waals surface area contributed by atoms with Crippen molar-refractivity contribution in [3.63, 3.8) is 0 Å². The Hall–Kier alpha value is -3.40. The van der Waals surface area contributed by atoms with Gasteiger partial charge in [0.15, 0.2) is 5.82 Å². The summed E-state index contributed by atoms with van der Waals surface area (Å²) in [7, 11) is 0. The van der Waals surface area contributed by atoms with Gasteiger partial charge in [-0.3, -0.25) is 5.43 Å². The van der Waals surface area contributed by atoms with Crippen LogP contribution < -0.4 is 5.43 Å². The summed E-state index contributed by atoms with van der Waals surface area (Å²) in [6, 6.07) is 27.9. The molecule has 0 spiro atoms. The minimum Gasteiger partial charge on any atom is -0.337 e. The van der Waals surface area contributed by atoms with Gasteiger partial charge < -0.3 is 4.98 Å². The van der Waals surface area contributed by atoms with Crippen LogP contribution in [0.1, 0.15) is 11.4 Å². The monoisotopic (exact) mass is 312 g/mol. The molecule has 4 aromatic rings. The van der Waals surface area contributed by atoms with Crippen molar-refractivity contribution < 1.29 is 0 Å². The number of aromatic amines is 1. The van der Waals surface area contributed by atoms with Crippen molar-refractivity contribution in [3.05, 3.63) is 96.3 Å². The summed E-state index contributed by atoms with van der Waals surface area (Å²) in [6.45, 7) is 0. The van der Waals surface area contributed by atoms with E-state index in [1.807, 2.05) is 84.9 Å². The van der Waals surface area contributed by atoms with Crippen LogP contribution in [0.2, 0.25) is 0 Å². The standard InChI is InChI=1S/C20H16N4/c1-3-9-15(10-4-1)19(24-23-16-11-5-2-6-12-16)20-21-17-13-7-8-14-18(17)22-20/h1-14,23H,(H,21,22)/b24-19-. The molecule has 4 nitrogen and oxygen atoms in total. The number of nitrogens with one attached hydrogen (secondary N) is 2. The van der Waals surface area contributed by atoms with Gasteiger partial charge in [0, 0.05) is 5.56 Å². The molecule has 0 radical (unpaired) electrons. The topological polar surface area (TPSA) is 53.1 Å². The number of benzene rings is 3. The molecule has 0 aliphatic carbocycles. The van der Waals surface area contributed by atoms with Crippen molar-refractivity contribution >= 4 is 22.4 Å². The number of H-pyrrole nitrogens is 1. The lowest BCUT2D eigenvalue weighted by Gasteiger charge is -2.05. The third-order valence-corrected chi connectivity index (χ3v) is 3.73. The Labute approximate surface area is 139 Å². The molecule has 0 atom stereocenters. The predicted molar refractivity (Wildman–Crippen MR) is 98.2 cm³/mol. The van der Waals surface area contributed by atoms with Crippen LogP contribution in [-0.4, -0.2) is 15.7 Å². The quantitative estimate of drug-likeness (QED) is 0.433. The highest BCUT2D eigenvalue weighted by Crippen LogP contribution is 2.15. The van der Waals surface area contributed by atoms with Crippen LogP contribution in [0.3, 0.4) is 0 Å². The lowest BCUT2D eigenvalue weighted by atomic mass is 10.1. The first kappa shape index (κ1) is 14.2. The largest absolute Gasteiger partial charge is 0.337 e. The minimum atomic E-state index is 0.742. The van der Waals surface area contributed by atoms with Gasteiger partial charge in [-0.15, -0.1) is 0 Å². The van der Waals surface area contributed by atoms with Crippen LogP contribution in [0, 0.1) is 0 Å². The van der Waals surface area contributed by atoms with Crippen molar-refractivity contribution in [3.8, 4) is 0 Å². The average molecular weight is 312 g/mol. The van der Waals surface area contributed by atoms with Gasteiger partial charge in [0.2, 0.25) is 0 Å². The molecule has 4 heteroatoms. The first-order valence-corrected chi connectivity index (χ1v) is 7.79. The first-order chi connectivity index (χ1) is 11.9. The molecule has 0 aliphatic rings. The van der Waals surface area contributed by atoms with Crippen molar-refractivity contribution in [2.24, 2.45) is 5.10 Å². The molecular weight excluding hydrogens is 296 g/mol. The molecule has 24 heavy (non-hydrogen) atoms. The average Bonchev–Trinajstić information content (AvgIpc) is 3.07. The molecule has 0 saturated heterocycles. The minimum absolute atomic E-state index is 0.742. The van der Waals surface area contributed by atoms with Crippen LogP contribution in [0.5, 0.6) is 0 Å². The second-order valence-corrected chi connectivity index (χ2v) is 5.41. The van der Waals surface area contributed by atoms with E-state index in [9.17, 15) is 0 Å². The summed E-state index contributed by atoms with van der Waals surface area (Å²) < 4.78 is 0. The van der Waals surface area contributed by atoms with E-state index < -0.39 is 0 Å². The van der Waals surface area contributed by atoms with E-state index in [4.69, 9.17) is 0 Å². The van der Waals surface area contributed by atoms with E-state index in [1.54, 1.807) is 0 Å². The third kappa shape index (κ3) is 2.90. The van der Waals surface area contributed by atoms with Gasteiger partial charge in [-0.25, -0.2) is 4.98 Å². The molecule has 2 N–H and O–H groups in total. The summed E-state index contributed by atoms with van der Waals surface area (Å²) in [5.41, 5.74) is 7.74. The highest BCUT2D eigenvalue weighted by molar-refractivity contribution is 6.12. The van der Waals surface area contributed by atoms with E-state index in [0.29, 0.717) is 0 Å². The number of aromatic nitrogens is 2. The summed E-state index contributed by atoms with van der Waals surface area (Å²) in [4.78, 5) is 8.02. The number of fused-ring (bicyclic) bond motifs is 1. The Morgan fingerprint density at radius 2 is 1.46 bits per heavy atom. The second kappa shape index (κ2) is 6.38. The molecule has 1 aromatic heterocycles. The van der Waals surface area contributed by atoms with E-state index in [-0.39, 0.29) is 0 Å². The Morgan fingerprint density at radius 3 is 2.21 bits per heavy atom. The molecule has 0 fully saturated rings. The molecule has 0 bridgehead atoms. The highest BCUT2D eigenvalue weighted by Gasteiger charge is 2.12. The van der Waals surface area contributed by atoms with Gasteiger partial charge in [0.1, 0.15) is 5.71 Å². The molecule has 3 aromatic carbocycles. The maximum Gasteiger partial charge on any atom is 0.159 e. The van der Waals surface area contributed by atoms with E-state index in [2.05, 4.69) is 20.5 Å². The number of nitrogens with zero attached hydrogens (tertiary/aromatic N) is 2. The van der Waals surface area contributed by atoms with Crippen molar-refractivity contribution in [2.45, 2.75) is 0 Å². The molecule has 0 saturated carbocycles. The smallest absolute Gasteiger partial charge is 0.159 e. The van der Waals surface area contributed by atoms with Crippen LogP contribution >= 0.6 is 0 Å². The number of imidazole rings is 1. The fourth-order valence-electron chi connectivity index (χ4n) is 2.55. The number of hydrogen-bond acceptors (Lipinski definition) is 3. The van der Waals surface area contributed by atoms with Gasteiger partial charge in [-0.2, -0.15) is 5.10 Å². The SMILES string of the molecule is c1ccc(N/N=C(/c2ccccc2)c2nc3ccccc3[nH]2)cc1. The predicted octanol–water partition coefficient (Wildman–Crippen LogP) is 4.43. The number of anilines is 1. The second-order valence-electron chi connectivity index (χ2n) is 5.41. The first-order valence-electron chi connectivity index (χ1n) is 7.79. The van der Waals surface area contributed by atoms with Gasteiger partial charge in [-0.1, -0.05) is 60.7 Å². The van der Waals surface area contributed by atoms with Crippen molar-refractivity contribution in [1.82, 2.24) is 9.97 Å². The summed E-state index contributed by atoms with van der Waals surface area (Å²) in [5, 5.41) is 4.60. The van der Waals surface area contributed by atoms with Gasteiger partial charge >= 0.3 is 0 Å². The molecule has 0 aliphatic heterocycles. The van der Waals surface area contributed by atoms with Crippen molar-refractivity contribution in [1.29, 1.82) is 0 Å². The molecule has 116 valence electrons.